The summed E-state index contributed by atoms with van der Waals surface area (Å²) in [5, 5.41) is 9.60. The molecule has 3 nitrogen and oxygen atoms in total. The molecule has 0 fully saturated rings. The molecule has 2 aliphatic rings. The fourth-order valence-electron chi connectivity index (χ4n) is 3.03. The van der Waals surface area contributed by atoms with Gasteiger partial charge in [0.15, 0.2) is 5.78 Å². The fraction of sp³-hybridized carbons (Fsp3) is 0.100. The number of rotatable bonds is 4. The molecule has 0 bridgehead atoms. The molecule has 1 aromatic rings. The molecule has 0 radical (unpaired) electrons. The molecule has 0 saturated heterocycles. The van der Waals surface area contributed by atoms with Crippen LogP contribution in [0.25, 0.3) is 11.1 Å². The highest BCUT2D eigenvalue weighted by atomic mass is 35.5. The Labute approximate surface area is 144 Å². The van der Waals surface area contributed by atoms with Crippen molar-refractivity contribution < 1.29 is 14.7 Å². The first-order valence-corrected chi connectivity index (χ1v) is 7.89. The molecule has 0 aliphatic heterocycles. The van der Waals surface area contributed by atoms with Crippen LogP contribution in [0.15, 0.2) is 54.6 Å². The van der Waals surface area contributed by atoms with Crippen LogP contribution in [0.1, 0.15) is 27.0 Å². The smallest absolute Gasteiger partial charge is 0.307 e. The lowest BCUT2D eigenvalue weighted by Crippen LogP contribution is -2.05. The van der Waals surface area contributed by atoms with Crippen LogP contribution in [0.4, 0.5) is 0 Å². The van der Waals surface area contributed by atoms with Crippen LogP contribution in [0.3, 0.4) is 0 Å². The molecule has 4 heteroatoms. The molecule has 0 saturated carbocycles. The maximum absolute atomic E-state index is 13.1. The van der Waals surface area contributed by atoms with Crippen LogP contribution in [-0.2, 0) is 11.2 Å². The van der Waals surface area contributed by atoms with E-state index >= 15 is 0 Å². The number of fused-ring (bicyclic) bond motifs is 1. The van der Waals surface area contributed by atoms with E-state index < -0.39 is 5.97 Å². The Morgan fingerprint density at radius 3 is 2.25 bits per heavy atom. The standard InChI is InChI=1S/C20H15ClO3/c1-12-16(11-18(22)23)13-7-3-2-4-8-14(13)19(12)20(24)15-9-5-6-10-17(15)21/h2-10H,11H2,1H3,(H,22,23). The van der Waals surface area contributed by atoms with Crippen molar-refractivity contribution in [3.8, 4) is 11.1 Å². The first-order valence-electron chi connectivity index (χ1n) is 7.52. The zero-order valence-electron chi connectivity index (χ0n) is 13.0. The Morgan fingerprint density at radius 2 is 1.58 bits per heavy atom. The number of halogens is 1. The van der Waals surface area contributed by atoms with E-state index in [2.05, 4.69) is 0 Å². The number of benzene rings is 1. The summed E-state index contributed by atoms with van der Waals surface area (Å²) in [7, 11) is 0. The van der Waals surface area contributed by atoms with E-state index in [9.17, 15) is 14.7 Å². The first kappa shape index (κ1) is 16.2. The van der Waals surface area contributed by atoms with Crippen molar-refractivity contribution in [2.24, 2.45) is 0 Å². The summed E-state index contributed by atoms with van der Waals surface area (Å²) in [5.41, 5.74) is 3.84. The van der Waals surface area contributed by atoms with Crippen LogP contribution in [0.5, 0.6) is 0 Å². The lowest BCUT2D eigenvalue weighted by Gasteiger charge is -2.05. The van der Waals surface area contributed by atoms with Crippen LogP contribution >= 0.6 is 11.6 Å². The van der Waals surface area contributed by atoms with Crippen molar-refractivity contribution >= 4 is 23.4 Å². The van der Waals surface area contributed by atoms with Gasteiger partial charge in [-0.05, 0) is 41.3 Å². The molecule has 1 aromatic carbocycles. The van der Waals surface area contributed by atoms with Gasteiger partial charge in [0.1, 0.15) is 0 Å². The summed E-state index contributed by atoms with van der Waals surface area (Å²) < 4.78 is 0. The van der Waals surface area contributed by atoms with Gasteiger partial charge in [0.2, 0.25) is 0 Å². The van der Waals surface area contributed by atoms with E-state index in [1.165, 1.54) is 0 Å². The second kappa shape index (κ2) is 6.46. The van der Waals surface area contributed by atoms with E-state index in [1.807, 2.05) is 30.3 Å². The van der Waals surface area contributed by atoms with Gasteiger partial charge < -0.3 is 5.11 Å². The molecule has 0 spiro atoms. The van der Waals surface area contributed by atoms with Gasteiger partial charge in [-0.3, -0.25) is 9.59 Å². The number of hydrogen-bond acceptors (Lipinski definition) is 2. The molecule has 0 aromatic heterocycles. The van der Waals surface area contributed by atoms with Gasteiger partial charge in [-0.2, -0.15) is 0 Å². The molecule has 24 heavy (non-hydrogen) atoms. The Morgan fingerprint density at radius 1 is 0.958 bits per heavy atom. The van der Waals surface area contributed by atoms with Crippen molar-refractivity contribution in [1.82, 2.24) is 0 Å². The third-order valence-corrected chi connectivity index (χ3v) is 4.46. The Hall–Kier alpha value is -2.65. The number of carbonyl (C=O) groups is 2. The predicted molar refractivity (Wildman–Crippen MR) is 94.0 cm³/mol. The maximum atomic E-state index is 13.1. The molecule has 0 amide bonds. The van der Waals surface area contributed by atoms with Crippen molar-refractivity contribution in [1.29, 1.82) is 0 Å². The fourth-order valence-corrected chi connectivity index (χ4v) is 3.26. The Balaban J connectivity index is 2.26. The van der Waals surface area contributed by atoms with Crippen molar-refractivity contribution in [3.63, 3.8) is 0 Å². The topological polar surface area (TPSA) is 54.4 Å². The quantitative estimate of drug-likeness (QED) is 0.707. The lowest BCUT2D eigenvalue weighted by molar-refractivity contribution is -0.136. The lowest BCUT2D eigenvalue weighted by atomic mass is 9.99. The average Bonchev–Trinajstić information content (AvgIpc) is 2.70. The minimum atomic E-state index is -0.923. The highest BCUT2D eigenvalue weighted by Gasteiger charge is 2.26. The van der Waals surface area contributed by atoms with E-state index in [1.54, 1.807) is 31.2 Å². The van der Waals surface area contributed by atoms with Gasteiger partial charge in [-0.25, -0.2) is 0 Å². The number of carboxylic acids is 1. The van der Waals surface area contributed by atoms with Gasteiger partial charge in [-0.15, -0.1) is 0 Å². The largest absolute Gasteiger partial charge is 0.481 e. The number of hydrogen-bond donors (Lipinski definition) is 1. The highest BCUT2D eigenvalue weighted by molar-refractivity contribution is 6.35. The second-order valence-electron chi connectivity index (χ2n) is 5.60. The van der Waals surface area contributed by atoms with Crippen LogP contribution in [-0.4, -0.2) is 16.9 Å². The van der Waals surface area contributed by atoms with Gasteiger partial charge in [-0.1, -0.05) is 54.1 Å². The molecule has 120 valence electrons. The molecular formula is C20H15ClO3. The molecule has 0 unspecified atom stereocenters. The SMILES string of the molecule is Cc1c(CC(=O)O)c2cccccc-2c1C(=O)c1ccccc1Cl. The monoisotopic (exact) mass is 338 g/mol. The summed E-state index contributed by atoms with van der Waals surface area (Å²) in [6.07, 6.45) is -0.123. The number of aliphatic carboxylic acids is 1. The minimum Gasteiger partial charge on any atom is -0.481 e. The number of ketones is 1. The van der Waals surface area contributed by atoms with Crippen molar-refractivity contribution in [3.05, 3.63) is 81.9 Å². The molecule has 0 heterocycles. The Bertz CT molecular complexity index is 915. The average molecular weight is 339 g/mol. The summed E-state index contributed by atoms with van der Waals surface area (Å²) in [4.78, 5) is 24.3. The second-order valence-corrected chi connectivity index (χ2v) is 6.00. The zero-order valence-corrected chi connectivity index (χ0v) is 13.8. The molecule has 0 atom stereocenters. The third-order valence-electron chi connectivity index (χ3n) is 4.13. The summed E-state index contributed by atoms with van der Waals surface area (Å²) in [6.45, 7) is 1.79. The van der Waals surface area contributed by atoms with Crippen molar-refractivity contribution in [2.75, 3.05) is 0 Å². The number of carboxylic acid groups (broad SMARTS) is 1. The zero-order chi connectivity index (χ0) is 17.3. The maximum Gasteiger partial charge on any atom is 0.307 e. The number of carbonyl (C=O) groups excluding carboxylic acids is 1. The molecule has 2 aliphatic carbocycles. The van der Waals surface area contributed by atoms with Gasteiger partial charge in [0, 0.05) is 11.1 Å². The molecular weight excluding hydrogens is 324 g/mol. The molecule has 1 N–H and O–H groups in total. The van der Waals surface area contributed by atoms with E-state index in [0.717, 1.165) is 11.1 Å². The highest BCUT2D eigenvalue weighted by Crippen LogP contribution is 2.38. The molecule has 3 rings (SSSR count). The van der Waals surface area contributed by atoms with Crippen LogP contribution in [0.2, 0.25) is 5.02 Å². The van der Waals surface area contributed by atoms with E-state index in [0.29, 0.717) is 27.3 Å². The minimum absolute atomic E-state index is 0.123. The summed E-state index contributed by atoms with van der Waals surface area (Å²) >= 11 is 6.17. The van der Waals surface area contributed by atoms with Gasteiger partial charge in [0.05, 0.1) is 11.4 Å². The van der Waals surface area contributed by atoms with Gasteiger partial charge >= 0.3 is 5.97 Å². The van der Waals surface area contributed by atoms with E-state index in [4.69, 9.17) is 11.6 Å². The van der Waals surface area contributed by atoms with Gasteiger partial charge in [0.25, 0.3) is 0 Å². The van der Waals surface area contributed by atoms with Crippen LogP contribution in [0, 0.1) is 6.92 Å². The third kappa shape index (κ3) is 2.79. The first-order chi connectivity index (χ1) is 11.5. The Kier molecular flexibility index (Phi) is 4.36. The summed E-state index contributed by atoms with van der Waals surface area (Å²) in [5.74, 6) is -1.11. The normalized spacial score (nSPS) is 10.8. The van der Waals surface area contributed by atoms with E-state index in [-0.39, 0.29) is 12.2 Å². The van der Waals surface area contributed by atoms with Crippen molar-refractivity contribution in [2.45, 2.75) is 13.3 Å². The van der Waals surface area contributed by atoms with Crippen LogP contribution < -0.4 is 0 Å². The predicted octanol–water partition coefficient (Wildman–Crippen LogP) is 4.61. The summed E-state index contributed by atoms with van der Waals surface area (Å²) in [6, 6.07) is 16.1.